The zero-order valence-corrected chi connectivity index (χ0v) is 20.1. The van der Waals surface area contributed by atoms with Gasteiger partial charge in [-0.3, -0.25) is 4.79 Å². The Morgan fingerprint density at radius 1 is 1.19 bits per heavy atom. The van der Waals surface area contributed by atoms with Gasteiger partial charge >= 0.3 is 6.18 Å². The van der Waals surface area contributed by atoms with Crippen molar-refractivity contribution in [3.05, 3.63) is 64.7 Å². The molecule has 2 aromatic rings. The van der Waals surface area contributed by atoms with E-state index in [1.165, 1.54) is 17.7 Å². The maximum absolute atomic E-state index is 13.1. The Bertz CT molecular complexity index is 1300. The molecule has 1 spiro atoms. The number of nitrogens with zero attached hydrogens (tertiary/aromatic N) is 2. The number of carbonyl (C=O) groups is 1. The molecule has 2 heterocycles. The van der Waals surface area contributed by atoms with Crippen molar-refractivity contribution in [2.75, 3.05) is 20.6 Å². The van der Waals surface area contributed by atoms with Gasteiger partial charge in [-0.25, -0.2) is 0 Å². The number of hydrogen-bond acceptors (Lipinski definition) is 4. The predicted octanol–water partition coefficient (Wildman–Crippen LogP) is 3.37. The molecule has 2 aromatic carbocycles. The summed E-state index contributed by atoms with van der Waals surface area (Å²) in [6.07, 6.45) is -2.20. The highest BCUT2D eigenvalue weighted by Crippen LogP contribution is 2.64. The van der Waals surface area contributed by atoms with Crippen LogP contribution >= 0.6 is 0 Å². The number of likely N-dealkylation sites (N-methyl/N-ethyl adjacent to an activating group) is 2. The normalized spacial score (nSPS) is 32.1. The number of piperidine rings is 1. The number of carbonyl (C=O) groups excluding carboxylic acids is 1. The third-order valence-electron chi connectivity index (χ3n) is 8.94. The van der Waals surface area contributed by atoms with Crippen LogP contribution in [0.5, 0.6) is 5.75 Å². The van der Waals surface area contributed by atoms with Crippen molar-refractivity contribution in [2.24, 2.45) is 0 Å². The standard InChI is InChI=1S/C28H27F3N2O3/c1-32-15-14-26-24-18-4-3-5-21(24)36-25(26)20(12-13-27(26,35)22(32)16-18)33(2)23(34)11-8-17-6-9-19(10-7-17)28(29,30)31/h3-7,9-10,20,22,25,35H,12-16H2,1-2H3/t20?,22-,25+,26+,27-/m1/s1. The van der Waals surface area contributed by atoms with E-state index in [1.54, 1.807) is 11.9 Å². The Morgan fingerprint density at radius 2 is 1.94 bits per heavy atom. The Kier molecular flexibility index (Phi) is 5.03. The molecule has 1 amide bonds. The van der Waals surface area contributed by atoms with Crippen molar-refractivity contribution in [1.29, 1.82) is 0 Å². The summed E-state index contributed by atoms with van der Waals surface area (Å²) in [5.41, 5.74) is 0.340. The fourth-order valence-electron chi connectivity index (χ4n) is 7.20. The topological polar surface area (TPSA) is 53.0 Å². The minimum atomic E-state index is -4.42. The van der Waals surface area contributed by atoms with E-state index in [0.29, 0.717) is 18.4 Å². The number of benzene rings is 2. The van der Waals surface area contributed by atoms with E-state index in [1.807, 2.05) is 12.1 Å². The summed E-state index contributed by atoms with van der Waals surface area (Å²) in [7, 11) is 3.76. The molecule has 188 valence electrons. The van der Waals surface area contributed by atoms with Crippen molar-refractivity contribution in [3.63, 3.8) is 0 Å². The fraction of sp³-hybridized carbons (Fsp3) is 0.464. The molecule has 1 unspecified atom stereocenters. The smallest absolute Gasteiger partial charge is 0.416 e. The van der Waals surface area contributed by atoms with Crippen LogP contribution in [0.2, 0.25) is 0 Å². The molecule has 1 saturated carbocycles. The fourth-order valence-corrected chi connectivity index (χ4v) is 7.20. The number of aliphatic hydroxyl groups is 1. The quantitative estimate of drug-likeness (QED) is 0.616. The molecule has 1 saturated heterocycles. The molecule has 8 heteroatoms. The monoisotopic (exact) mass is 496 g/mol. The molecular formula is C28H27F3N2O3. The van der Waals surface area contributed by atoms with E-state index in [0.717, 1.165) is 42.8 Å². The molecular weight excluding hydrogens is 469 g/mol. The summed E-state index contributed by atoms with van der Waals surface area (Å²) in [5, 5.41) is 12.2. The van der Waals surface area contributed by atoms with Crippen LogP contribution in [-0.4, -0.2) is 65.2 Å². The first-order valence-electron chi connectivity index (χ1n) is 12.2. The number of ether oxygens (including phenoxy) is 1. The molecule has 6 rings (SSSR count). The summed E-state index contributed by atoms with van der Waals surface area (Å²) in [6, 6.07) is 10.2. The van der Waals surface area contributed by atoms with Gasteiger partial charge in [-0.05, 0) is 75.2 Å². The van der Waals surface area contributed by atoms with Crippen molar-refractivity contribution < 1.29 is 27.8 Å². The highest BCUT2D eigenvalue weighted by molar-refractivity contribution is 5.94. The molecule has 0 radical (unpaired) electrons. The highest BCUT2D eigenvalue weighted by atomic mass is 19.4. The lowest BCUT2D eigenvalue weighted by atomic mass is 9.48. The second-order valence-corrected chi connectivity index (χ2v) is 10.5. The number of alkyl halides is 3. The predicted molar refractivity (Wildman–Crippen MR) is 126 cm³/mol. The number of halogens is 3. The van der Waals surface area contributed by atoms with Gasteiger partial charge in [-0.1, -0.05) is 18.1 Å². The third kappa shape index (κ3) is 3.09. The number of hydrogen-bond donors (Lipinski definition) is 1. The maximum Gasteiger partial charge on any atom is 0.416 e. The van der Waals surface area contributed by atoms with Gasteiger partial charge in [-0.2, -0.15) is 13.2 Å². The third-order valence-corrected chi connectivity index (χ3v) is 8.94. The lowest BCUT2D eigenvalue weighted by Gasteiger charge is -2.64. The van der Waals surface area contributed by atoms with Crippen LogP contribution < -0.4 is 4.74 Å². The maximum atomic E-state index is 13.1. The SMILES string of the molecule is CN(C(=O)C#Cc1ccc(C(F)(F)F)cc1)C1CC[C@@]2(O)[C@H]3Cc4cccc5c4[C@@]2(CCN3C)[C@H]1O5. The van der Waals surface area contributed by atoms with Crippen LogP contribution in [0.1, 0.15) is 41.5 Å². The molecule has 2 aliphatic carbocycles. The summed E-state index contributed by atoms with van der Waals surface area (Å²) < 4.78 is 45.0. The molecule has 2 aliphatic heterocycles. The van der Waals surface area contributed by atoms with Gasteiger partial charge in [0, 0.05) is 30.1 Å². The Hall–Kier alpha value is -3.02. The Morgan fingerprint density at radius 3 is 2.67 bits per heavy atom. The summed E-state index contributed by atoms with van der Waals surface area (Å²) in [4.78, 5) is 17.0. The lowest BCUT2D eigenvalue weighted by Crippen LogP contribution is -2.77. The number of amides is 1. The summed E-state index contributed by atoms with van der Waals surface area (Å²) in [5.74, 6) is 5.65. The van der Waals surface area contributed by atoms with E-state index < -0.39 is 34.8 Å². The summed E-state index contributed by atoms with van der Waals surface area (Å²) in [6.45, 7) is 0.832. The van der Waals surface area contributed by atoms with Gasteiger partial charge in [0.25, 0.3) is 5.91 Å². The zero-order valence-electron chi connectivity index (χ0n) is 20.1. The van der Waals surface area contributed by atoms with Crippen molar-refractivity contribution in [3.8, 4) is 17.6 Å². The van der Waals surface area contributed by atoms with Gasteiger partial charge in [-0.15, -0.1) is 0 Å². The molecule has 1 N–H and O–H groups in total. The van der Waals surface area contributed by atoms with E-state index >= 15 is 0 Å². The molecule has 4 aliphatic rings. The first-order chi connectivity index (χ1) is 17.1. The molecule has 2 fully saturated rings. The lowest BCUT2D eigenvalue weighted by molar-refractivity contribution is -0.195. The molecule has 0 aromatic heterocycles. The first kappa shape index (κ1) is 23.4. The zero-order chi connectivity index (χ0) is 25.5. The second kappa shape index (κ2) is 7.74. The van der Waals surface area contributed by atoms with Gasteiger partial charge in [0.2, 0.25) is 0 Å². The minimum absolute atomic E-state index is 0.0142. The van der Waals surface area contributed by atoms with E-state index in [2.05, 4.69) is 29.9 Å². The molecule has 2 bridgehead atoms. The van der Waals surface area contributed by atoms with Crippen LogP contribution in [0.3, 0.4) is 0 Å². The Balaban J connectivity index is 1.31. The number of rotatable bonds is 1. The van der Waals surface area contributed by atoms with Crippen LogP contribution in [0.4, 0.5) is 13.2 Å². The molecule has 5 nitrogen and oxygen atoms in total. The van der Waals surface area contributed by atoms with Crippen molar-refractivity contribution in [1.82, 2.24) is 9.80 Å². The second-order valence-electron chi connectivity index (χ2n) is 10.5. The number of likely N-dealkylation sites (tertiary alicyclic amines) is 1. The van der Waals surface area contributed by atoms with E-state index in [4.69, 9.17) is 4.74 Å². The van der Waals surface area contributed by atoms with Crippen LogP contribution in [0.25, 0.3) is 0 Å². The molecule has 5 atom stereocenters. The van der Waals surface area contributed by atoms with Gasteiger partial charge in [0.05, 0.1) is 22.6 Å². The average Bonchev–Trinajstić information content (AvgIpc) is 3.19. The largest absolute Gasteiger partial charge is 0.487 e. The molecule has 36 heavy (non-hydrogen) atoms. The van der Waals surface area contributed by atoms with E-state index in [-0.39, 0.29) is 12.1 Å². The van der Waals surface area contributed by atoms with E-state index in [9.17, 15) is 23.1 Å². The van der Waals surface area contributed by atoms with Crippen molar-refractivity contribution in [2.45, 2.75) is 61.1 Å². The van der Waals surface area contributed by atoms with Crippen molar-refractivity contribution >= 4 is 5.91 Å². The average molecular weight is 497 g/mol. The van der Waals surface area contributed by atoms with Gasteiger partial charge in [0.15, 0.2) is 0 Å². The van der Waals surface area contributed by atoms with Gasteiger partial charge in [0.1, 0.15) is 11.9 Å². The summed E-state index contributed by atoms with van der Waals surface area (Å²) >= 11 is 0. The highest BCUT2D eigenvalue weighted by Gasteiger charge is 2.72. The first-order valence-corrected chi connectivity index (χ1v) is 12.2. The van der Waals surface area contributed by atoms with Crippen LogP contribution in [0.15, 0.2) is 42.5 Å². The van der Waals surface area contributed by atoms with Crippen LogP contribution in [-0.2, 0) is 22.8 Å². The van der Waals surface area contributed by atoms with Gasteiger partial charge < -0.3 is 19.6 Å². The Labute approximate surface area is 207 Å². The van der Waals surface area contributed by atoms with Crippen LogP contribution in [0, 0.1) is 11.8 Å². The minimum Gasteiger partial charge on any atom is -0.487 e.